The number of amides is 1. The number of rotatable bonds is 5. The van der Waals surface area contributed by atoms with Crippen molar-refractivity contribution < 1.29 is 17.6 Å². The molecule has 0 aliphatic carbocycles. The van der Waals surface area contributed by atoms with E-state index in [1.165, 1.54) is 17.0 Å². The first-order valence-electron chi connectivity index (χ1n) is 7.73. The average Bonchev–Trinajstić information content (AvgIpc) is 2.99. The van der Waals surface area contributed by atoms with Gasteiger partial charge in [-0.25, -0.2) is 13.1 Å². The van der Waals surface area contributed by atoms with Crippen LogP contribution in [0.3, 0.4) is 0 Å². The summed E-state index contributed by atoms with van der Waals surface area (Å²) < 4.78 is 32.3. The highest BCUT2D eigenvalue weighted by Gasteiger charge is 2.27. The van der Waals surface area contributed by atoms with Crippen LogP contribution in [0.4, 0.5) is 0 Å². The monoisotopic (exact) mass is 418 g/mol. The molecule has 0 bridgehead atoms. The van der Waals surface area contributed by atoms with Gasteiger partial charge >= 0.3 is 0 Å². The molecule has 9 heteroatoms. The fraction of sp³-hybridized carbons (Fsp3) is 0.353. The van der Waals surface area contributed by atoms with Gasteiger partial charge in [-0.3, -0.25) is 4.79 Å². The number of nitrogens with zero attached hydrogens (tertiary/aromatic N) is 1. The number of sulfonamides is 1. The highest BCUT2D eigenvalue weighted by atomic mass is 35.5. The van der Waals surface area contributed by atoms with Gasteiger partial charge in [-0.15, -0.1) is 0 Å². The molecule has 1 heterocycles. The van der Waals surface area contributed by atoms with Crippen LogP contribution in [-0.2, 0) is 16.6 Å². The van der Waals surface area contributed by atoms with Gasteiger partial charge in [0.05, 0.1) is 10.0 Å². The summed E-state index contributed by atoms with van der Waals surface area (Å²) in [6, 6.07) is 7.72. The van der Waals surface area contributed by atoms with Crippen LogP contribution in [0.2, 0.25) is 10.0 Å². The molecule has 1 aromatic heterocycles. The normalized spacial score (nSPS) is 12.2. The number of hydrogen-bond donors (Lipinski definition) is 1. The van der Waals surface area contributed by atoms with Crippen LogP contribution in [-0.4, -0.2) is 31.8 Å². The SMILES string of the molecule is CN(Cc1cccc(Cl)c1Cl)C(=O)c1ccc(S(=O)(=O)NC(C)(C)C)o1. The van der Waals surface area contributed by atoms with Crippen LogP contribution in [0.5, 0.6) is 0 Å². The smallest absolute Gasteiger partial charge is 0.289 e. The summed E-state index contributed by atoms with van der Waals surface area (Å²) in [5, 5.41) is 0.445. The van der Waals surface area contributed by atoms with Gasteiger partial charge in [-0.05, 0) is 44.5 Å². The molecule has 0 spiro atoms. The lowest BCUT2D eigenvalue weighted by atomic mass is 10.1. The van der Waals surface area contributed by atoms with Crippen molar-refractivity contribution in [2.75, 3.05) is 7.05 Å². The van der Waals surface area contributed by atoms with E-state index in [4.69, 9.17) is 27.6 Å². The maximum atomic E-state index is 12.5. The number of carbonyl (C=O) groups is 1. The molecule has 0 saturated carbocycles. The molecule has 142 valence electrons. The Morgan fingerprint density at radius 3 is 2.46 bits per heavy atom. The average molecular weight is 419 g/mol. The summed E-state index contributed by atoms with van der Waals surface area (Å²) in [6.07, 6.45) is 0. The first-order chi connectivity index (χ1) is 11.9. The minimum Gasteiger partial charge on any atom is -0.438 e. The van der Waals surface area contributed by atoms with Crippen LogP contribution in [0.25, 0.3) is 0 Å². The molecular formula is C17H20Cl2N2O4S. The number of halogens is 2. The molecule has 0 saturated heterocycles. The summed E-state index contributed by atoms with van der Waals surface area (Å²) in [5.41, 5.74) is -0.000519. The Morgan fingerprint density at radius 1 is 1.19 bits per heavy atom. The molecule has 0 radical (unpaired) electrons. The molecule has 0 aliphatic heterocycles. The second-order valence-electron chi connectivity index (χ2n) is 6.85. The Kier molecular flexibility index (Phi) is 6.07. The Morgan fingerprint density at radius 2 is 1.85 bits per heavy atom. The van der Waals surface area contributed by atoms with Gasteiger partial charge in [0.15, 0.2) is 5.76 Å². The standard InChI is InChI=1S/C17H20Cl2N2O4S/c1-17(2,3)20-26(23,24)14-9-8-13(25-14)16(22)21(4)10-11-6-5-7-12(18)15(11)19/h5-9,20H,10H2,1-4H3. The summed E-state index contributed by atoms with van der Waals surface area (Å²) >= 11 is 12.1. The largest absolute Gasteiger partial charge is 0.438 e. The predicted molar refractivity (Wildman–Crippen MR) is 101 cm³/mol. The second-order valence-corrected chi connectivity index (χ2v) is 9.25. The number of furan rings is 1. The molecule has 1 aromatic carbocycles. The van der Waals surface area contributed by atoms with Crippen molar-refractivity contribution in [2.24, 2.45) is 0 Å². The zero-order valence-corrected chi connectivity index (χ0v) is 17.2. The lowest BCUT2D eigenvalue weighted by Gasteiger charge is -2.19. The van der Waals surface area contributed by atoms with Crippen molar-refractivity contribution in [3.05, 3.63) is 51.7 Å². The fourth-order valence-corrected chi connectivity index (χ4v) is 3.95. The van der Waals surface area contributed by atoms with Crippen LogP contribution >= 0.6 is 23.2 Å². The van der Waals surface area contributed by atoms with E-state index in [1.54, 1.807) is 46.0 Å². The van der Waals surface area contributed by atoms with Crippen LogP contribution in [0.15, 0.2) is 39.8 Å². The van der Waals surface area contributed by atoms with Gasteiger partial charge in [0.1, 0.15) is 0 Å². The Labute approximate surface area is 163 Å². The fourth-order valence-electron chi connectivity index (χ4n) is 2.22. The third-order valence-electron chi connectivity index (χ3n) is 3.28. The zero-order valence-electron chi connectivity index (χ0n) is 14.8. The molecule has 1 amide bonds. The van der Waals surface area contributed by atoms with Crippen molar-refractivity contribution in [2.45, 2.75) is 37.9 Å². The van der Waals surface area contributed by atoms with Gasteiger partial charge in [-0.2, -0.15) is 0 Å². The van der Waals surface area contributed by atoms with E-state index in [0.29, 0.717) is 15.6 Å². The lowest BCUT2D eigenvalue weighted by Crippen LogP contribution is -2.40. The predicted octanol–water partition coefficient (Wildman–Crippen LogP) is 3.94. The van der Waals surface area contributed by atoms with Crippen LogP contribution in [0.1, 0.15) is 36.9 Å². The molecule has 26 heavy (non-hydrogen) atoms. The minimum absolute atomic E-state index is 0.0834. The molecule has 0 atom stereocenters. The number of hydrogen-bond acceptors (Lipinski definition) is 4. The third-order valence-corrected chi connectivity index (χ3v) is 5.77. The van der Waals surface area contributed by atoms with E-state index in [-0.39, 0.29) is 17.4 Å². The quantitative estimate of drug-likeness (QED) is 0.797. The zero-order chi connectivity index (χ0) is 19.7. The first kappa shape index (κ1) is 20.8. The van der Waals surface area contributed by atoms with Crippen molar-refractivity contribution in [1.82, 2.24) is 9.62 Å². The molecule has 1 N–H and O–H groups in total. The highest BCUT2D eigenvalue weighted by molar-refractivity contribution is 7.89. The van der Waals surface area contributed by atoms with E-state index in [0.717, 1.165) is 0 Å². The second kappa shape index (κ2) is 7.60. The molecule has 2 rings (SSSR count). The van der Waals surface area contributed by atoms with Crippen molar-refractivity contribution >= 4 is 39.1 Å². The van der Waals surface area contributed by atoms with Gasteiger partial charge in [0.25, 0.3) is 15.9 Å². The Bertz CT molecular complexity index is 917. The van der Waals surface area contributed by atoms with Crippen molar-refractivity contribution in [3.63, 3.8) is 0 Å². The number of carbonyl (C=O) groups excluding carboxylic acids is 1. The van der Waals surface area contributed by atoms with E-state index >= 15 is 0 Å². The van der Waals surface area contributed by atoms with E-state index in [9.17, 15) is 13.2 Å². The first-order valence-corrected chi connectivity index (χ1v) is 9.97. The van der Waals surface area contributed by atoms with Crippen molar-refractivity contribution in [1.29, 1.82) is 0 Å². The summed E-state index contributed by atoms with van der Waals surface area (Å²) in [7, 11) is -2.29. The highest BCUT2D eigenvalue weighted by Crippen LogP contribution is 2.27. The van der Waals surface area contributed by atoms with Gasteiger partial charge in [-0.1, -0.05) is 35.3 Å². The summed E-state index contributed by atoms with van der Waals surface area (Å²) in [4.78, 5) is 13.9. The Balaban J connectivity index is 2.18. The van der Waals surface area contributed by atoms with Gasteiger partial charge in [0.2, 0.25) is 5.09 Å². The van der Waals surface area contributed by atoms with Gasteiger partial charge < -0.3 is 9.32 Å². The number of nitrogens with one attached hydrogen (secondary N) is 1. The topological polar surface area (TPSA) is 79.6 Å². The van der Waals surface area contributed by atoms with Crippen LogP contribution < -0.4 is 4.72 Å². The third kappa shape index (κ3) is 5.01. The Hall–Kier alpha value is -1.54. The van der Waals surface area contributed by atoms with Crippen LogP contribution in [0, 0.1) is 0 Å². The maximum Gasteiger partial charge on any atom is 0.289 e. The molecule has 6 nitrogen and oxygen atoms in total. The van der Waals surface area contributed by atoms with Crippen molar-refractivity contribution in [3.8, 4) is 0 Å². The summed E-state index contributed by atoms with van der Waals surface area (Å²) in [6.45, 7) is 5.33. The van der Waals surface area contributed by atoms with Gasteiger partial charge in [0, 0.05) is 19.1 Å². The van der Waals surface area contributed by atoms with E-state index < -0.39 is 21.5 Å². The summed E-state index contributed by atoms with van der Waals surface area (Å²) in [5.74, 6) is -0.557. The maximum absolute atomic E-state index is 12.5. The van der Waals surface area contributed by atoms with E-state index in [2.05, 4.69) is 4.72 Å². The molecule has 0 unspecified atom stereocenters. The molecule has 0 aliphatic rings. The minimum atomic E-state index is -3.85. The van der Waals surface area contributed by atoms with E-state index in [1.807, 2.05) is 0 Å². The lowest BCUT2D eigenvalue weighted by molar-refractivity contribution is 0.0747. The number of benzene rings is 1. The molecule has 0 fully saturated rings. The molecule has 2 aromatic rings. The molecular weight excluding hydrogens is 399 g/mol.